The van der Waals surface area contributed by atoms with E-state index in [0.29, 0.717) is 11.6 Å². The number of hydrogen-bond donors (Lipinski definition) is 2. The Kier molecular flexibility index (Phi) is 3.55. The van der Waals surface area contributed by atoms with Crippen LogP contribution >= 0.6 is 0 Å². The SMILES string of the molecule is CCCc1ccc(Nc2ncc(N)cn2)cc1. The highest BCUT2D eigenvalue weighted by Gasteiger charge is 1.97. The smallest absolute Gasteiger partial charge is 0.227 e. The molecule has 0 saturated heterocycles. The molecule has 0 spiro atoms. The quantitative estimate of drug-likeness (QED) is 0.844. The predicted molar refractivity (Wildman–Crippen MR) is 70.2 cm³/mol. The first-order valence-corrected chi connectivity index (χ1v) is 5.71. The minimum absolute atomic E-state index is 0.558. The van der Waals surface area contributed by atoms with Crippen LogP contribution in [-0.2, 0) is 6.42 Å². The molecule has 0 amide bonds. The van der Waals surface area contributed by atoms with Gasteiger partial charge in [0.05, 0.1) is 18.1 Å². The molecule has 0 radical (unpaired) electrons. The highest BCUT2D eigenvalue weighted by Crippen LogP contribution is 2.14. The van der Waals surface area contributed by atoms with Gasteiger partial charge < -0.3 is 11.1 Å². The molecule has 4 heteroatoms. The van der Waals surface area contributed by atoms with Crippen LogP contribution in [0.2, 0.25) is 0 Å². The Morgan fingerprint density at radius 2 is 1.76 bits per heavy atom. The Morgan fingerprint density at radius 1 is 1.12 bits per heavy atom. The van der Waals surface area contributed by atoms with Crippen LogP contribution in [-0.4, -0.2) is 9.97 Å². The number of hydrogen-bond acceptors (Lipinski definition) is 4. The molecule has 2 rings (SSSR count). The maximum absolute atomic E-state index is 5.52. The van der Waals surface area contributed by atoms with Crippen LogP contribution in [0, 0.1) is 0 Å². The Bertz CT molecular complexity index is 462. The molecule has 4 nitrogen and oxygen atoms in total. The molecule has 2 aromatic rings. The van der Waals surface area contributed by atoms with Crippen LogP contribution in [0.1, 0.15) is 18.9 Å². The topological polar surface area (TPSA) is 63.8 Å². The summed E-state index contributed by atoms with van der Waals surface area (Å²) in [6.45, 7) is 2.17. The van der Waals surface area contributed by atoms with Gasteiger partial charge in [-0.3, -0.25) is 0 Å². The van der Waals surface area contributed by atoms with E-state index in [1.807, 2.05) is 12.1 Å². The van der Waals surface area contributed by atoms with Gasteiger partial charge >= 0.3 is 0 Å². The number of benzene rings is 1. The largest absolute Gasteiger partial charge is 0.396 e. The maximum Gasteiger partial charge on any atom is 0.227 e. The summed E-state index contributed by atoms with van der Waals surface area (Å²) in [4.78, 5) is 8.17. The highest BCUT2D eigenvalue weighted by atomic mass is 15.1. The first kappa shape index (κ1) is 11.4. The Balaban J connectivity index is 2.05. The van der Waals surface area contributed by atoms with Gasteiger partial charge in [0.2, 0.25) is 5.95 Å². The van der Waals surface area contributed by atoms with Crippen molar-refractivity contribution in [1.29, 1.82) is 0 Å². The normalized spacial score (nSPS) is 10.2. The minimum atomic E-state index is 0.558. The first-order valence-electron chi connectivity index (χ1n) is 5.71. The Morgan fingerprint density at radius 3 is 2.35 bits per heavy atom. The van der Waals surface area contributed by atoms with E-state index in [1.165, 1.54) is 5.56 Å². The van der Waals surface area contributed by atoms with E-state index < -0.39 is 0 Å². The number of aromatic nitrogens is 2. The molecular weight excluding hydrogens is 212 g/mol. The van der Waals surface area contributed by atoms with Gasteiger partial charge in [-0.15, -0.1) is 0 Å². The van der Waals surface area contributed by atoms with Crippen molar-refractivity contribution in [2.24, 2.45) is 0 Å². The van der Waals surface area contributed by atoms with Gasteiger partial charge in [-0.2, -0.15) is 0 Å². The van der Waals surface area contributed by atoms with Crippen molar-refractivity contribution in [1.82, 2.24) is 9.97 Å². The second kappa shape index (κ2) is 5.30. The summed E-state index contributed by atoms with van der Waals surface area (Å²) in [5.41, 5.74) is 8.41. The fourth-order valence-corrected chi connectivity index (χ4v) is 1.58. The Hall–Kier alpha value is -2.10. The van der Waals surface area contributed by atoms with Gasteiger partial charge in [0.1, 0.15) is 0 Å². The Labute approximate surface area is 101 Å². The zero-order chi connectivity index (χ0) is 12.1. The summed E-state index contributed by atoms with van der Waals surface area (Å²) in [7, 11) is 0. The maximum atomic E-state index is 5.52. The van der Waals surface area contributed by atoms with Crippen molar-refractivity contribution in [3.63, 3.8) is 0 Å². The summed E-state index contributed by atoms with van der Waals surface area (Å²) < 4.78 is 0. The van der Waals surface area contributed by atoms with Gasteiger partial charge in [0.25, 0.3) is 0 Å². The lowest BCUT2D eigenvalue weighted by atomic mass is 10.1. The molecule has 0 aliphatic carbocycles. The standard InChI is InChI=1S/C13H16N4/c1-2-3-10-4-6-12(7-5-10)17-13-15-8-11(14)9-16-13/h4-9H,2-3,14H2,1H3,(H,15,16,17). The van der Waals surface area contributed by atoms with Crippen molar-refractivity contribution in [3.05, 3.63) is 42.2 Å². The second-order valence-corrected chi connectivity index (χ2v) is 3.91. The molecule has 17 heavy (non-hydrogen) atoms. The second-order valence-electron chi connectivity index (χ2n) is 3.91. The average molecular weight is 228 g/mol. The fourth-order valence-electron chi connectivity index (χ4n) is 1.58. The van der Waals surface area contributed by atoms with Gasteiger partial charge in [-0.25, -0.2) is 9.97 Å². The highest BCUT2D eigenvalue weighted by molar-refractivity contribution is 5.54. The molecular formula is C13H16N4. The molecule has 0 saturated carbocycles. The molecule has 0 aliphatic heterocycles. The van der Waals surface area contributed by atoms with Crippen molar-refractivity contribution in [2.75, 3.05) is 11.1 Å². The monoisotopic (exact) mass is 228 g/mol. The van der Waals surface area contributed by atoms with E-state index in [4.69, 9.17) is 5.73 Å². The molecule has 1 aromatic carbocycles. The van der Waals surface area contributed by atoms with Gasteiger partial charge in [0, 0.05) is 5.69 Å². The average Bonchev–Trinajstić information content (AvgIpc) is 2.35. The number of rotatable bonds is 4. The van der Waals surface area contributed by atoms with Gasteiger partial charge in [0.15, 0.2) is 0 Å². The fraction of sp³-hybridized carbons (Fsp3) is 0.231. The summed E-state index contributed by atoms with van der Waals surface area (Å²) in [6, 6.07) is 8.29. The number of anilines is 3. The van der Waals surface area contributed by atoms with Crippen LogP contribution in [0.4, 0.5) is 17.3 Å². The van der Waals surface area contributed by atoms with E-state index >= 15 is 0 Å². The molecule has 3 N–H and O–H groups in total. The van der Waals surface area contributed by atoms with Crippen LogP contribution in [0.25, 0.3) is 0 Å². The van der Waals surface area contributed by atoms with Crippen LogP contribution in [0.3, 0.4) is 0 Å². The number of nitrogens with two attached hydrogens (primary N) is 1. The zero-order valence-corrected chi connectivity index (χ0v) is 9.85. The van der Waals surface area contributed by atoms with Crippen LogP contribution in [0.5, 0.6) is 0 Å². The molecule has 0 atom stereocenters. The summed E-state index contributed by atoms with van der Waals surface area (Å²) in [5.74, 6) is 0.558. The van der Waals surface area contributed by atoms with E-state index in [9.17, 15) is 0 Å². The van der Waals surface area contributed by atoms with E-state index in [0.717, 1.165) is 18.5 Å². The molecule has 1 heterocycles. The van der Waals surface area contributed by atoms with Gasteiger partial charge in [-0.1, -0.05) is 25.5 Å². The van der Waals surface area contributed by atoms with Crippen molar-refractivity contribution in [2.45, 2.75) is 19.8 Å². The molecule has 0 bridgehead atoms. The van der Waals surface area contributed by atoms with Crippen molar-refractivity contribution in [3.8, 4) is 0 Å². The number of aryl methyl sites for hydroxylation is 1. The third-order valence-corrected chi connectivity index (χ3v) is 2.42. The number of nitrogens with zero attached hydrogens (tertiary/aromatic N) is 2. The van der Waals surface area contributed by atoms with Crippen LogP contribution < -0.4 is 11.1 Å². The number of nitrogens with one attached hydrogen (secondary N) is 1. The molecule has 1 aromatic heterocycles. The summed E-state index contributed by atoms with van der Waals surface area (Å²) in [5, 5.41) is 3.12. The summed E-state index contributed by atoms with van der Waals surface area (Å²) in [6.07, 6.45) is 5.44. The van der Waals surface area contributed by atoms with E-state index in [1.54, 1.807) is 12.4 Å². The zero-order valence-electron chi connectivity index (χ0n) is 9.85. The molecule has 0 aliphatic rings. The van der Waals surface area contributed by atoms with Gasteiger partial charge in [-0.05, 0) is 24.1 Å². The predicted octanol–water partition coefficient (Wildman–Crippen LogP) is 2.75. The minimum Gasteiger partial charge on any atom is -0.396 e. The van der Waals surface area contributed by atoms with E-state index in [-0.39, 0.29) is 0 Å². The van der Waals surface area contributed by atoms with Crippen molar-refractivity contribution < 1.29 is 0 Å². The molecule has 0 unspecified atom stereocenters. The third kappa shape index (κ3) is 3.17. The van der Waals surface area contributed by atoms with E-state index in [2.05, 4.69) is 34.3 Å². The first-order chi connectivity index (χ1) is 8.28. The lowest BCUT2D eigenvalue weighted by Crippen LogP contribution is -1.98. The number of nitrogen functional groups attached to an aromatic ring is 1. The lowest BCUT2D eigenvalue weighted by molar-refractivity contribution is 0.922. The molecule has 0 fully saturated rings. The third-order valence-electron chi connectivity index (χ3n) is 2.42. The van der Waals surface area contributed by atoms with Crippen LogP contribution in [0.15, 0.2) is 36.7 Å². The lowest BCUT2D eigenvalue weighted by Gasteiger charge is -2.05. The molecule has 88 valence electrons. The van der Waals surface area contributed by atoms with Crippen molar-refractivity contribution >= 4 is 17.3 Å². The summed E-state index contributed by atoms with van der Waals surface area (Å²) >= 11 is 0.